The van der Waals surface area contributed by atoms with Gasteiger partial charge in [-0.2, -0.15) is 0 Å². The van der Waals surface area contributed by atoms with Crippen molar-refractivity contribution in [3.63, 3.8) is 0 Å². The molecule has 5 heteroatoms. The van der Waals surface area contributed by atoms with Gasteiger partial charge < -0.3 is 9.32 Å². The van der Waals surface area contributed by atoms with Gasteiger partial charge in [0, 0.05) is 38.7 Å². The molecule has 0 aliphatic carbocycles. The normalized spacial score (nSPS) is 12.1. The van der Waals surface area contributed by atoms with Crippen molar-refractivity contribution in [1.29, 1.82) is 0 Å². The van der Waals surface area contributed by atoms with E-state index in [2.05, 4.69) is 89.8 Å². The van der Waals surface area contributed by atoms with Crippen LogP contribution in [0.4, 0.5) is 17.1 Å². The average Bonchev–Trinajstić information content (AvgIpc) is 3.55. The molecule has 1 aliphatic rings. The molecule has 224 valence electrons. The highest BCUT2D eigenvalue weighted by atomic mass is 16.3. The van der Waals surface area contributed by atoms with Crippen LogP contribution >= 0.6 is 0 Å². The first kappa shape index (κ1) is 26.6. The summed E-state index contributed by atoms with van der Waals surface area (Å²) in [5.41, 5.74) is 10.2. The number of furan rings is 1. The Morgan fingerprint density at radius 1 is 0.396 bits per heavy atom. The Bertz CT molecular complexity index is 2610. The molecule has 2 aromatic heterocycles. The van der Waals surface area contributed by atoms with Gasteiger partial charge in [0.05, 0.1) is 16.8 Å². The van der Waals surface area contributed by atoms with Gasteiger partial charge in [-0.25, -0.2) is 15.0 Å². The molecule has 0 spiro atoms. The Morgan fingerprint density at radius 3 is 1.71 bits per heavy atom. The summed E-state index contributed by atoms with van der Waals surface area (Å²) < 4.78 is 6.39. The third-order valence-electron chi connectivity index (χ3n) is 9.24. The predicted molar refractivity (Wildman–Crippen MR) is 195 cm³/mol. The van der Waals surface area contributed by atoms with E-state index in [-0.39, 0.29) is 0 Å². The molecule has 1 aliphatic heterocycles. The molecule has 0 N–H and O–H groups in total. The van der Waals surface area contributed by atoms with Crippen molar-refractivity contribution in [1.82, 2.24) is 15.0 Å². The summed E-state index contributed by atoms with van der Waals surface area (Å²) in [4.78, 5) is 17.5. The van der Waals surface area contributed by atoms with Crippen LogP contribution in [0.2, 0.25) is 0 Å². The first-order chi connectivity index (χ1) is 23.8. The molecule has 0 bridgehead atoms. The van der Waals surface area contributed by atoms with Gasteiger partial charge in [0.2, 0.25) is 0 Å². The van der Waals surface area contributed by atoms with Gasteiger partial charge >= 0.3 is 0 Å². The van der Waals surface area contributed by atoms with E-state index in [1.54, 1.807) is 0 Å². The second kappa shape index (κ2) is 10.5. The number of aromatic nitrogens is 3. The fraction of sp³-hybridized carbons (Fsp3) is 0. The topological polar surface area (TPSA) is 55.1 Å². The number of nitrogens with zero attached hydrogens (tertiary/aromatic N) is 4. The third kappa shape index (κ3) is 4.01. The summed E-state index contributed by atoms with van der Waals surface area (Å²) in [5.74, 6) is 1.93. The number of hydrogen-bond acceptors (Lipinski definition) is 5. The minimum atomic E-state index is 0.639. The van der Waals surface area contributed by atoms with E-state index >= 15 is 0 Å². The number of hydrogen-bond donors (Lipinski definition) is 0. The van der Waals surface area contributed by atoms with E-state index in [1.807, 2.05) is 72.8 Å². The van der Waals surface area contributed by atoms with Gasteiger partial charge in [-0.1, -0.05) is 115 Å². The third-order valence-corrected chi connectivity index (χ3v) is 9.24. The van der Waals surface area contributed by atoms with Crippen LogP contribution in [-0.4, -0.2) is 15.0 Å². The van der Waals surface area contributed by atoms with Crippen molar-refractivity contribution in [3.05, 3.63) is 158 Å². The molecule has 5 nitrogen and oxygen atoms in total. The highest BCUT2D eigenvalue weighted by molar-refractivity contribution is 6.24. The summed E-state index contributed by atoms with van der Waals surface area (Å²) in [6.45, 7) is 0. The zero-order chi connectivity index (χ0) is 31.6. The van der Waals surface area contributed by atoms with E-state index < -0.39 is 0 Å². The van der Waals surface area contributed by atoms with Crippen LogP contribution in [0.3, 0.4) is 0 Å². The summed E-state index contributed by atoms with van der Waals surface area (Å²) in [5, 5.41) is 4.44. The molecule has 7 aromatic carbocycles. The lowest BCUT2D eigenvalue weighted by Crippen LogP contribution is -2.15. The quantitative estimate of drug-likeness (QED) is 0.197. The smallest absolute Gasteiger partial charge is 0.164 e. The zero-order valence-electron chi connectivity index (χ0n) is 25.7. The van der Waals surface area contributed by atoms with Crippen molar-refractivity contribution < 1.29 is 4.42 Å². The molecule has 0 saturated carbocycles. The maximum Gasteiger partial charge on any atom is 0.164 e. The molecular formula is C43H26N4O. The molecule has 0 radical (unpaired) electrons. The van der Waals surface area contributed by atoms with Crippen molar-refractivity contribution >= 4 is 49.8 Å². The fourth-order valence-corrected chi connectivity index (χ4v) is 7.14. The van der Waals surface area contributed by atoms with Gasteiger partial charge in [0.25, 0.3) is 0 Å². The predicted octanol–water partition coefficient (Wildman–Crippen LogP) is 11.4. The molecule has 3 heterocycles. The van der Waals surface area contributed by atoms with Gasteiger partial charge in [0.15, 0.2) is 17.5 Å². The lowest BCUT2D eigenvalue weighted by molar-refractivity contribution is 0.669. The second-order valence-corrected chi connectivity index (χ2v) is 12.0. The molecule has 10 rings (SSSR count). The Balaban J connectivity index is 1.28. The zero-order valence-corrected chi connectivity index (χ0v) is 25.7. The maximum absolute atomic E-state index is 6.39. The average molecular weight is 615 g/mol. The summed E-state index contributed by atoms with van der Waals surface area (Å²) in [6, 6.07) is 54.4. The van der Waals surface area contributed by atoms with Crippen molar-refractivity contribution in [2.24, 2.45) is 0 Å². The molecule has 0 saturated heterocycles. The number of para-hydroxylation sites is 2. The molecular weight excluding hydrogens is 589 g/mol. The number of anilines is 3. The van der Waals surface area contributed by atoms with Crippen molar-refractivity contribution in [2.75, 3.05) is 4.90 Å². The Labute approximate surface area is 276 Å². The monoisotopic (exact) mass is 614 g/mol. The van der Waals surface area contributed by atoms with E-state index in [9.17, 15) is 0 Å². The minimum absolute atomic E-state index is 0.639. The van der Waals surface area contributed by atoms with Crippen LogP contribution < -0.4 is 4.90 Å². The molecule has 48 heavy (non-hydrogen) atoms. The summed E-state index contributed by atoms with van der Waals surface area (Å²) in [7, 11) is 0. The number of rotatable bonds is 4. The van der Waals surface area contributed by atoms with E-state index in [1.165, 1.54) is 5.56 Å². The second-order valence-electron chi connectivity index (χ2n) is 12.0. The largest absolute Gasteiger partial charge is 0.456 e. The maximum atomic E-state index is 6.39. The summed E-state index contributed by atoms with van der Waals surface area (Å²) in [6.07, 6.45) is 0. The summed E-state index contributed by atoms with van der Waals surface area (Å²) >= 11 is 0. The first-order valence-corrected chi connectivity index (χ1v) is 16.0. The van der Waals surface area contributed by atoms with Gasteiger partial charge in [-0.05, 0) is 53.4 Å². The highest BCUT2D eigenvalue weighted by Gasteiger charge is 2.30. The van der Waals surface area contributed by atoms with Crippen LogP contribution in [0, 0.1) is 0 Å². The Hall–Kier alpha value is -6.59. The number of benzene rings is 7. The lowest BCUT2D eigenvalue weighted by atomic mass is 9.87. The van der Waals surface area contributed by atoms with E-state index in [0.29, 0.717) is 17.5 Å². The van der Waals surface area contributed by atoms with Crippen molar-refractivity contribution in [2.45, 2.75) is 0 Å². The number of fused-ring (bicyclic) bond motifs is 6. The van der Waals surface area contributed by atoms with Crippen LogP contribution in [0.25, 0.3) is 78.0 Å². The van der Waals surface area contributed by atoms with Gasteiger partial charge in [0.1, 0.15) is 11.2 Å². The SMILES string of the molecule is c1ccc(-c2nc(-c3ccccc3)nc(-c3ccc4c5c(cccc35)N(c3ccccc3)c3c-4ccc4oc5ccccc5c34)n2)cc1. The standard InChI is InChI=1S/C43H26N4O/c1-4-13-27(14-5-1)41-44-42(28-15-6-2-7-16-28)46-43(45-41)33-24-23-31-32-25-26-37-39(34-19-10-11-22-36(34)48-37)40(32)47(29-17-8-3-9-18-29)35-21-12-20-30(33)38(31)35/h1-26H. The molecule has 9 aromatic rings. The van der Waals surface area contributed by atoms with Crippen LogP contribution in [0.5, 0.6) is 0 Å². The molecule has 0 fully saturated rings. The van der Waals surface area contributed by atoms with Crippen molar-refractivity contribution in [3.8, 4) is 45.3 Å². The van der Waals surface area contributed by atoms with Gasteiger partial charge in [-0.3, -0.25) is 0 Å². The highest BCUT2D eigenvalue weighted by Crippen LogP contribution is 2.55. The fourth-order valence-electron chi connectivity index (χ4n) is 7.14. The van der Waals surface area contributed by atoms with Crippen LogP contribution in [0.1, 0.15) is 0 Å². The molecule has 0 atom stereocenters. The lowest BCUT2D eigenvalue weighted by Gasteiger charge is -2.34. The Kier molecular flexibility index (Phi) is 5.81. The molecule has 0 amide bonds. The van der Waals surface area contributed by atoms with Crippen LogP contribution in [0.15, 0.2) is 162 Å². The molecule has 0 unspecified atom stereocenters. The first-order valence-electron chi connectivity index (χ1n) is 16.0. The minimum Gasteiger partial charge on any atom is -0.456 e. The van der Waals surface area contributed by atoms with Crippen LogP contribution in [-0.2, 0) is 0 Å². The Morgan fingerprint density at radius 2 is 0.979 bits per heavy atom. The van der Waals surface area contributed by atoms with E-state index in [0.717, 1.165) is 72.0 Å². The van der Waals surface area contributed by atoms with E-state index in [4.69, 9.17) is 19.4 Å². The van der Waals surface area contributed by atoms with Gasteiger partial charge in [-0.15, -0.1) is 0 Å².